The number of azide groups is 2. The molecule has 4 rings (SSSR count). The van der Waals surface area contributed by atoms with Crippen LogP contribution in [0, 0.1) is 0 Å². The molecule has 2 aromatic rings. The van der Waals surface area contributed by atoms with Crippen molar-refractivity contribution in [2.45, 2.75) is 22.6 Å². The summed E-state index contributed by atoms with van der Waals surface area (Å²) < 4.78 is 9.13. The number of esters is 2. The highest BCUT2D eigenvalue weighted by molar-refractivity contribution is 7.99. The van der Waals surface area contributed by atoms with Crippen LogP contribution in [0.3, 0.4) is 0 Å². The summed E-state index contributed by atoms with van der Waals surface area (Å²) in [6.07, 6.45) is 5.16. The van der Waals surface area contributed by atoms with Gasteiger partial charge in [0.25, 0.3) is 0 Å². The smallest absolute Gasteiger partial charge is 0.340 e. The molecule has 0 aromatic heterocycles. The molecule has 2 aliphatic heterocycles. The minimum absolute atomic E-state index is 0.0269. The van der Waals surface area contributed by atoms with Crippen molar-refractivity contribution < 1.29 is 19.1 Å². The SMILES string of the molecule is COC(=O)C(=Cc1ccc2c(c1)CCS2)N=[N+]=[N-].COC(=O)C(=Cc1cccc2c1SCC2)N=[N+]=[N-]. The molecule has 0 saturated heterocycles. The highest BCUT2D eigenvalue weighted by Crippen LogP contribution is 2.35. The average Bonchev–Trinajstić information content (AvgIpc) is 3.57. The molecule has 0 amide bonds. The van der Waals surface area contributed by atoms with E-state index in [-0.39, 0.29) is 11.4 Å². The van der Waals surface area contributed by atoms with Gasteiger partial charge in [0.1, 0.15) is 11.4 Å². The van der Waals surface area contributed by atoms with E-state index in [1.54, 1.807) is 17.8 Å². The molecule has 2 aliphatic rings. The third kappa shape index (κ3) is 6.87. The van der Waals surface area contributed by atoms with Gasteiger partial charge < -0.3 is 9.47 Å². The molecule has 184 valence electrons. The second kappa shape index (κ2) is 13.3. The summed E-state index contributed by atoms with van der Waals surface area (Å²) >= 11 is 3.56. The summed E-state index contributed by atoms with van der Waals surface area (Å²) in [7, 11) is 2.51. The number of ether oxygens (including phenoxy) is 2. The first-order valence-electron chi connectivity index (χ1n) is 10.7. The van der Waals surface area contributed by atoms with E-state index in [2.05, 4.69) is 35.6 Å². The summed E-state index contributed by atoms with van der Waals surface area (Å²) in [4.78, 5) is 30.5. The predicted octanol–water partition coefficient (Wildman–Crippen LogP) is 6.32. The monoisotopic (exact) mass is 522 g/mol. The standard InChI is InChI=1S/2C12H11N3O2S/c1-17-12(16)10(14-15-13)7-8-2-3-11-9(6-8)4-5-18-11;1-17-12(16)10(14-15-13)7-9-4-2-3-8-5-6-18-11(8)9/h2-3,6-7H,4-5H2,1H3;2-4,7H,5-6H2,1H3. The molecule has 0 spiro atoms. The lowest BCUT2D eigenvalue weighted by atomic mass is 10.1. The molecular formula is C24H22N6O4S2. The number of aryl methyl sites for hydroxylation is 2. The maximum atomic E-state index is 11.4. The number of methoxy groups -OCH3 is 2. The highest BCUT2D eigenvalue weighted by atomic mass is 32.2. The van der Waals surface area contributed by atoms with Crippen LogP contribution < -0.4 is 0 Å². The fourth-order valence-electron chi connectivity index (χ4n) is 3.52. The molecule has 0 fully saturated rings. The Kier molecular flexibility index (Phi) is 9.91. The minimum Gasteiger partial charge on any atom is -0.466 e. The third-order valence-corrected chi connectivity index (χ3v) is 7.46. The largest absolute Gasteiger partial charge is 0.466 e. The molecule has 0 N–H and O–H groups in total. The summed E-state index contributed by atoms with van der Waals surface area (Å²) in [5, 5.41) is 6.72. The van der Waals surface area contributed by atoms with Crippen molar-refractivity contribution in [1.29, 1.82) is 0 Å². The number of hydrogen-bond acceptors (Lipinski definition) is 8. The lowest BCUT2D eigenvalue weighted by Gasteiger charge is -2.04. The lowest BCUT2D eigenvalue weighted by Crippen LogP contribution is -2.02. The average molecular weight is 523 g/mol. The number of thioether (sulfide) groups is 2. The molecule has 0 saturated carbocycles. The molecule has 36 heavy (non-hydrogen) atoms. The van der Waals surface area contributed by atoms with Gasteiger partial charge in [-0.2, -0.15) is 0 Å². The maximum Gasteiger partial charge on any atom is 0.340 e. The van der Waals surface area contributed by atoms with Crippen molar-refractivity contribution in [2.75, 3.05) is 25.7 Å². The van der Waals surface area contributed by atoms with Gasteiger partial charge in [-0.1, -0.05) is 40.6 Å². The first kappa shape index (κ1) is 26.8. The molecule has 0 radical (unpaired) electrons. The zero-order valence-corrected chi connectivity index (χ0v) is 21.2. The van der Waals surface area contributed by atoms with Gasteiger partial charge in [0.2, 0.25) is 0 Å². The van der Waals surface area contributed by atoms with Crippen molar-refractivity contribution in [3.05, 3.63) is 90.9 Å². The lowest BCUT2D eigenvalue weighted by molar-refractivity contribution is -0.136. The summed E-state index contributed by atoms with van der Waals surface area (Å²) in [5.41, 5.74) is 21.1. The van der Waals surface area contributed by atoms with E-state index >= 15 is 0 Å². The van der Waals surface area contributed by atoms with E-state index in [4.69, 9.17) is 11.1 Å². The number of carbonyl (C=O) groups is 2. The second-order valence-electron chi connectivity index (χ2n) is 7.32. The first-order chi connectivity index (χ1) is 17.5. The first-order valence-corrected chi connectivity index (χ1v) is 12.7. The Morgan fingerprint density at radius 2 is 1.53 bits per heavy atom. The molecule has 2 aromatic carbocycles. The fraction of sp³-hybridized carbons (Fsp3) is 0.250. The Balaban J connectivity index is 0.000000201. The Labute approximate surface area is 216 Å². The van der Waals surface area contributed by atoms with Crippen LogP contribution in [0.1, 0.15) is 22.3 Å². The molecule has 10 nitrogen and oxygen atoms in total. The zero-order chi connectivity index (χ0) is 25.9. The number of rotatable bonds is 6. The summed E-state index contributed by atoms with van der Waals surface area (Å²) in [6, 6.07) is 11.8. The molecule has 0 atom stereocenters. The normalized spacial score (nSPS) is 13.7. The van der Waals surface area contributed by atoms with E-state index in [0.29, 0.717) is 0 Å². The van der Waals surface area contributed by atoms with E-state index in [0.717, 1.165) is 40.4 Å². The Morgan fingerprint density at radius 3 is 2.19 bits per heavy atom. The Hall–Kier alpha value is -3.82. The van der Waals surface area contributed by atoms with Crippen molar-refractivity contribution in [3.63, 3.8) is 0 Å². The van der Waals surface area contributed by atoms with Gasteiger partial charge in [0.05, 0.1) is 14.2 Å². The predicted molar refractivity (Wildman–Crippen MR) is 140 cm³/mol. The van der Waals surface area contributed by atoms with Crippen LogP contribution in [-0.4, -0.2) is 37.7 Å². The quantitative estimate of drug-likeness (QED) is 0.142. The van der Waals surface area contributed by atoms with E-state index in [1.165, 1.54) is 36.3 Å². The molecule has 12 heteroatoms. The van der Waals surface area contributed by atoms with Crippen LogP contribution in [0.2, 0.25) is 0 Å². The molecular weight excluding hydrogens is 500 g/mol. The van der Waals surface area contributed by atoms with Crippen molar-refractivity contribution in [2.24, 2.45) is 10.2 Å². The third-order valence-electron chi connectivity index (χ3n) is 5.15. The number of nitrogens with zero attached hydrogens (tertiary/aromatic N) is 6. The molecule has 0 bridgehead atoms. The minimum atomic E-state index is -0.636. The van der Waals surface area contributed by atoms with Gasteiger partial charge in [0.15, 0.2) is 0 Å². The van der Waals surface area contributed by atoms with Crippen LogP contribution in [0.25, 0.3) is 33.0 Å². The van der Waals surface area contributed by atoms with Crippen molar-refractivity contribution >= 4 is 47.6 Å². The van der Waals surface area contributed by atoms with Gasteiger partial charge in [-0.25, -0.2) is 9.59 Å². The fourth-order valence-corrected chi connectivity index (χ4v) is 5.75. The molecule has 0 unspecified atom stereocenters. The van der Waals surface area contributed by atoms with Gasteiger partial charge in [-0.3, -0.25) is 0 Å². The molecule has 2 heterocycles. The van der Waals surface area contributed by atoms with Gasteiger partial charge in [0, 0.05) is 31.1 Å². The van der Waals surface area contributed by atoms with Crippen LogP contribution >= 0.6 is 23.5 Å². The van der Waals surface area contributed by atoms with Crippen molar-refractivity contribution in [3.8, 4) is 0 Å². The van der Waals surface area contributed by atoms with Crippen LogP contribution in [0.15, 0.2) is 67.8 Å². The van der Waals surface area contributed by atoms with E-state index in [1.807, 2.05) is 42.1 Å². The number of benzene rings is 2. The number of carbonyl (C=O) groups excluding carboxylic acids is 2. The Morgan fingerprint density at radius 1 is 0.889 bits per heavy atom. The highest BCUT2D eigenvalue weighted by Gasteiger charge is 2.16. The summed E-state index contributed by atoms with van der Waals surface area (Å²) in [6.45, 7) is 0. The number of hydrogen-bond donors (Lipinski definition) is 0. The Bertz CT molecular complexity index is 1330. The zero-order valence-electron chi connectivity index (χ0n) is 19.6. The summed E-state index contributed by atoms with van der Waals surface area (Å²) in [5.74, 6) is 0.855. The van der Waals surface area contributed by atoms with Gasteiger partial charge >= 0.3 is 11.9 Å². The topological polar surface area (TPSA) is 150 Å². The van der Waals surface area contributed by atoms with Crippen LogP contribution in [0.5, 0.6) is 0 Å². The molecule has 0 aliphatic carbocycles. The number of fused-ring (bicyclic) bond motifs is 2. The van der Waals surface area contributed by atoms with Crippen molar-refractivity contribution in [1.82, 2.24) is 0 Å². The maximum absolute atomic E-state index is 11.4. The second-order valence-corrected chi connectivity index (χ2v) is 9.56. The van der Waals surface area contributed by atoms with E-state index < -0.39 is 11.9 Å². The van der Waals surface area contributed by atoms with Gasteiger partial charge in [-0.15, -0.1) is 23.5 Å². The van der Waals surface area contributed by atoms with Crippen LogP contribution in [-0.2, 0) is 31.9 Å². The van der Waals surface area contributed by atoms with E-state index in [9.17, 15) is 9.59 Å². The van der Waals surface area contributed by atoms with Crippen LogP contribution in [0.4, 0.5) is 0 Å². The van der Waals surface area contributed by atoms with Gasteiger partial charge in [-0.05, 0) is 64.4 Å².